The molecule has 0 radical (unpaired) electrons. The Labute approximate surface area is 93.6 Å². The number of nitrogens with zero attached hydrogens (tertiary/aromatic N) is 2. The standard InChI is InChI=1S/C10H15N3O3/c1-2-3-4-5-16-10-7-8(13(14)15)6-9(11)12-10/h6-7H,2-5H2,1H3,(H2,11,12). The second kappa shape index (κ2) is 5.89. The molecular weight excluding hydrogens is 210 g/mol. The van der Waals surface area contributed by atoms with Crippen LogP contribution in [-0.2, 0) is 0 Å². The summed E-state index contributed by atoms with van der Waals surface area (Å²) >= 11 is 0. The van der Waals surface area contributed by atoms with Crippen LogP contribution in [-0.4, -0.2) is 16.5 Å². The van der Waals surface area contributed by atoms with E-state index in [1.807, 2.05) is 0 Å². The van der Waals surface area contributed by atoms with Gasteiger partial charge >= 0.3 is 0 Å². The van der Waals surface area contributed by atoms with Crippen molar-refractivity contribution < 1.29 is 9.66 Å². The summed E-state index contributed by atoms with van der Waals surface area (Å²) in [7, 11) is 0. The Hall–Kier alpha value is -1.85. The summed E-state index contributed by atoms with van der Waals surface area (Å²) in [5.41, 5.74) is 5.33. The molecule has 6 nitrogen and oxygen atoms in total. The van der Waals surface area contributed by atoms with E-state index in [-0.39, 0.29) is 17.4 Å². The molecule has 0 fully saturated rings. The normalized spacial score (nSPS) is 10.1. The molecule has 0 spiro atoms. The number of rotatable bonds is 6. The largest absolute Gasteiger partial charge is 0.477 e. The van der Waals surface area contributed by atoms with Crippen molar-refractivity contribution >= 4 is 11.5 Å². The molecule has 0 aliphatic heterocycles. The number of unbranched alkanes of at least 4 members (excludes halogenated alkanes) is 2. The van der Waals surface area contributed by atoms with Gasteiger partial charge in [-0.3, -0.25) is 10.1 Å². The van der Waals surface area contributed by atoms with Gasteiger partial charge in [-0.05, 0) is 6.42 Å². The number of aromatic nitrogens is 1. The van der Waals surface area contributed by atoms with Gasteiger partial charge in [-0.15, -0.1) is 0 Å². The second-order valence-electron chi connectivity index (χ2n) is 3.40. The van der Waals surface area contributed by atoms with Crippen LogP contribution in [0.3, 0.4) is 0 Å². The predicted molar refractivity (Wildman–Crippen MR) is 60.3 cm³/mol. The summed E-state index contributed by atoms with van der Waals surface area (Å²) in [6.45, 7) is 2.59. The molecule has 1 heterocycles. The van der Waals surface area contributed by atoms with Gasteiger partial charge in [0.2, 0.25) is 5.88 Å². The van der Waals surface area contributed by atoms with E-state index >= 15 is 0 Å². The number of hydrogen-bond acceptors (Lipinski definition) is 5. The van der Waals surface area contributed by atoms with E-state index in [0.717, 1.165) is 19.3 Å². The van der Waals surface area contributed by atoms with Crippen molar-refractivity contribution in [3.8, 4) is 5.88 Å². The van der Waals surface area contributed by atoms with Crippen LogP contribution in [0.5, 0.6) is 5.88 Å². The maximum Gasteiger partial charge on any atom is 0.278 e. The number of anilines is 1. The van der Waals surface area contributed by atoms with Crippen molar-refractivity contribution in [2.45, 2.75) is 26.2 Å². The van der Waals surface area contributed by atoms with Gasteiger partial charge in [-0.25, -0.2) is 0 Å². The first-order valence-corrected chi connectivity index (χ1v) is 5.18. The monoisotopic (exact) mass is 225 g/mol. The molecule has 88 valence electrons. The molecule has 1 aromatic heterocycles. The zero-order valence-electron chi connectivity index (χ0n) is 9.18. The summed E-state index contributed by atoms with van der Waals surface area (Å²) < 4.78 is 5.28. The van der Waals surface area contributed by atoms with Crippen LogP contribution in [0.4, 0.5) is 11.5 Å². The average Bonchev–Trinajstić information content (AvgIpc) is 2.23. The zero-order chi connectivity index (χ0) is 12.0. The summed E-state index contributed by atoms with van der Waals surface area (Å²) in [5, 5.41) is 10.5. The topological polar surface area (TPSA) is 91.3 Å². The van der Waals surface area contributed by atoms with Gasteiger partial charge in [-0.1, -0.05) is 19.8 Å². The van der Waals surface area contributed by atoms with E-state index in [1.165, 1.54) is 12.1 Å². The maximum absolute atomic E-state index is 10.5. The third-order valence-corrected chi connectivity index (χ3v) is 2.02. The van der Waals surface area contributed by atoms with Gasteiger partial charge in [-0.2, -0.15) is 4.98 Å². The summed E-state index contributed by atoms with van der Waals surface area (Å²) in [5.74, 6) is 0.308. The van der Waals surface area contributed by atoms with Crippen LogP contribution in [0.2, 0.25) is 0 Å². The molecule has 0 unspecified atom stereocenters. The second-order valence-corrected chi connectivity index (χ2v) is 3.40. The van der Waals surface area contributed by atoms with Gasteiger partial charge in [0.1, 0.15) is 5.82 Å². The fourth-order valence-electron chi connectivity index (χ4n) is 1.22. The van der Waals surface area contributed by atoms with E-state index in [0.29, 0.717) is 6.61 Å². The molecule has 0 atom stereocenters. The first-order valence-electron chi connectivity index (χ1n) is 5.18. The molecule has 2 N–H and O–H groups in total. The van der Waals surface area contributed by atoms with Crippen molar-refractivity contribution in [3.63, 3.8) is 0 Å². The summed E-state index contributed by atoms with van der Waals surface area (Å²) in [6, 6.07) is 2.49. The predicted octanol–water partition coefficient (Wildman–Crippen LogP) is 2.14. The van der Waals surface area contributed by atoms with Crippen LogP contribution in [0.15, 0.2) is 12.1 Å². The van der Waals surface area contributed by atoms with Crippen LogP contribution >= 0.6 is 0 Å². The highest BCUT2D eigenvalue weighted by Crippen LogP contribution is 2.20. The summed E-state index contributed by atoms with van der Waals surface area (Å²) in [6.07, 6.45) is 3.05. The van der Waals surface area contributed by atoms with E-state index in [4.69, 9.17) is 10.5 Å². The number of nitrogens with two attached hydrogens (primary N) is 1. The first kappa shape index (κ1) is 12.2. The summed E-state index contributed by atoms with van der Waals surface area (Å²) in [4.78, 5) is 13.9. The Kier molecular flexibility index (Phi) is 4.50. The Morgan fingerprint density at radius 2 is 2.25 bits per heavy atom. The number of nitro groups is 1. The molecule has 0 aliphatic rings. The van der Waals surface area contributed by atoms with Crippen molar-refractivity contribution in [1.82, 2.24) is 4.98 Å². The maximum atomic E-state index is 10.5. The highest BCUT2D eigenvalue weighted by molar-refractivity contribution is 5.45. The van der Waals surface area contributed by atoms with E-state index in [1.54, 1.807) is 0 Å². The van der Waals surface area contributed by atoms with Crippen molar-refractivity contribution in [3.05, 3.63) is 22.2 Å². The third-order valence-electron chi connectivity index (χ3n) is 2.02. The van der Waals surface area contributed by atoms with Crippen LogP contribution in [0.1, 0.15) is 26.2 Å². The van der Waals surface area contributed by atoms with E-state index < -0.39 is 4.92 Å². The Morgan fingerprint density at radius 1 is 1.50 bits per heavy atom. The van der Waals surface area contributed by atoms with Crippen LogP contribution < -0.4 is 10.5 Å². The van der Waals surface area contributed by atoms with Gasteiger partial charge in [0.15, 0.2) is 0 Å². The molecule has 1 rings (SSSR count). The fraction of sp³-hybridized carbons (Fsp3) is 0.500. The van der Waals surface area contributed by atoms with Crippen LogP contribution in [0.25, 0.3) is 0 Å². The lowest BCUT2D eigenvalue weighted by molar-refractivity contribution is -0.384. The number of hydrogen-bond donors (Lipinski definition) is 1. The minimum Gasteiger partial charge on any atom is -0.477 e. The fourth-order valence-corrected chi connectivity index (χ4v) is 1.22. The SMILES string of the molecule is CCCCCOc1cc([N+](=O)[O-])cc(N)n1. The number of nitrogen functional groups attached to an aromatic ring is 1. The molecule has 0 aliphatic carbocycles. The molecular formula is C10H15N3O3. The number of ether oxygens (including phenoxy) is 1. The zero-order valence-corrected chi connectivity index (χ0v) is 9.18. The molecule has 0 amide bonds. The Balaban J connectivity index is 2.62. The Bertz CT molecular complexity index is 368. The lowest BCUT2D eigenvalue weighted by atomic mass is 10.3. The number of pyridine rings is 1. The molecule has 0 saturated carbocycles. The molecule has 1 aromatic rings. The van der Waals surface area contributed by atoms with Gasteiger partial charge in [0, 0.05) is 0 Å². The highest BCUT2D eigenvalue weighted by Gasteiger charge is 2.10. The van der Waals surface area contributed by atoms with E-state index in [2.05, 4.69) is 11.9 Å². The smallest absolute Gasteiger partial charge is 0.278 e. The van der Waals surface area contributed by atoms with Crippen molar-refractivity contribution in [2.24, 2.45) is 0 Å². The minimum atomic E-state index is -0.517. The third kappa shape index (κ3) is 3.72. The highest BCUT2D eigenvalue weighted by atomic mass is 16.6. The molecule has 6 heteroatoms. The molecule has 16 heavy (non-hydrogen) atoms. The molecule has 0 aromatic carbocycles. The minimum absolute atomic E-state index is 0.0969. The quantitative estimate of drug-likeness (QED) is 0.455. The molecule has 0 bridgehead atoms. The average molecular weight is 225 g/mol. The van der Waals surface area contributed by atoms with Gasteiger partial charge < -0.3 is 10.5 Å². The Morgan fingerprint density at radius 3 is 2.88 bits per heavy atom. The first-order chi connectivity index (χ1) is 7.63. The molecule has 0 saturated heterocycles. The van der Waals surface area contributed by atoms with Gasteiger partial charge in [0.25, 0.3) is 5.69 Å². The lowest BCUT2D eigenvalue weighted by Gasteiger charge is -2.05. The van der Waals surface area contributed by atoms with E-state index in [9.17, 15) is 10.1 Å². The van der Waals surface area contributed by atoms with Crippen molar-refractivity contribution in [2.75, 3.05) is 12.3 Å². The lowest BCUT2D eigenvalue weighted by Crippen LogP contribution is -2.02. The van der Waals surface area contributed by atoms with Crippen LogP contribution in [0, 0.1) is 10.1 Å². The van der Waals surface area contributed by atoms with Crippen molar-refractivity contribution in [1.29, 1.82) is 0 Å². The van der Waals surface area contributed by atoms with Gasteiger partial charge in [0.05, 0.1) is 23.7 Å².